The predicted molar refractivity (Wildman–Crippen MR) is 76.0 cm³/mol. The van der Waals surface area contributed by atoms with Gasteiger partial charge in [0.2, 0.25) is 0 Å². The Morgan fingerprint density at radius 2 is 2.25 bits per heavy atom. The second kappa shape index (κ2) is 6.15. The molecule has 2 aromatic rings. The van der Waals surface area contributed by atoms with Gasteiger partial charge in [-0.2, -0.15) is 5.26 Å². The van der Waals surface area contributed by atoms with E-state index in [0.29, 0.717) is 11.4 Å². The van der Waals surface area contributed by atoms with Gasteiger partial charge in [-0.1, -0.05) is 6.92 Å². The molecular formula is C14H18N6. The highest BCUT2D eigenvalue weighted by Crippen LogP contribution is 2.19. The van der Waals surface area contributed by atoms with E-state index in [1.807, 2.05) is 24.5 Å². The van der Waals surface area contributed by atoms with E-state index in [1.165, 1.54) is 0 Å². The van der Waals surface area contributed by atoms with Crippen LogP contribution in [0.3, 0.4) is 0 Å². The summed E-state index contributed by atoms with van der Waals surface area (Å²) < 4.78 is 2.01. The molecule has 2 heterocycles. The van der Waals surface area contributed by atoms with Crippen LogP contribution in [0.1, 0.15) is 43.4 Å². The summed E-state index contributed by atoms with van der Waals surface area (Å²) in [5, 5.41) is 20.5. The smallest absolute Gasteiger partial charge is 0.155 e. The van der Waals surface area contributed by atoms with Crippen LogP contribution in [0.2, 0.25) is 0 Å². The summed E-state index contributed by atoms with van der Waals surface area (Å²) in [5.41, 5.74) is 1.40. The zero-order valence-corrected chi connectivity index (χ0v) is 12.0. The lowest BCUT2D eigenvalue weighted by Gasteiger charge is -2.16. The number of nitrogens with one attached hydrogen (secondary N) is 1. The standard InChI is InChI=1S/C14H18N6/c1-4-7-20-9-16-19-14(20)11(3)18-13-12(8-15)6-5-10(2)17-13/h5-6,9,11H,4,7H2,1-3H3,(H,17,18). The van der Waals surface area contributed by atoms with Gasteiger partial charge in [0.25, 0.3) is 0 Å². The summed E-state index contributed by atoms with van der Waals surface area (Å²) in [5.74, 6) is 1.44. The number of anilines is 1. The molecule has 1 unspecified atom stereocenters. The normalized spacial score (nSPS) is 11.9. The molecule has 0 fully saturated rings. The third-order valence-corrected chi connectivity index (χ3v) is 3.01. The van der Waals surface area contributed by atoms with Crippen LogP contribution in [0.5, 0.6) is 0 Å². The molecule has 0 aliphatic carbocycles. The molecule has 0 bridgehead atoms. The van der Waals surface area contributed by atoms with Crippen molar-refractivity contribution in [2.75, 3.05) is 5.32 Å². The van der Waals surface area contributed by atoms with Gasteiger partial charge in [0.05, 0.1) is 11.6 Å². The topological polar surface area (TPSA) is 79.4 Å². The highest BCUT2D eigenvalue weighted by molar-refractivity contribution is 5.52. The fourth-order valence-corrected chi connectivity index (χ4v) is 2.04. The lowest BCUT2D eigenvalue weighted by Crippen LogP contribution is -2.15. The van der Waals surface area contributed by atoms with E-state index in [4.69, 9.17) is 5.26 Å². The molecule has 0 aromatic carbocycles. The van der Waals surface area contributed by atoms with Gasteiger partial charge >= 0.3 is 0 Å². The quantitative estimate of drug-likeness (QED) is 0.902. The Morgan fingerprint density at radius 3 is 2.95 bits per heavy atom. The molecule has 0 spiro atoms. The van der Waals surface area contributed by atoms with Gasteiger partial charge < -0.3 is 9.88 Å². The van der Waals surface area contributed by atoms with Crippen molar-refractivity contribution in [2.24, 2.45) is 0 Å². The molecule has 1 atom stereocenters. The summed E-state index contributed by atoms with van der Waals surface area (Å²) in [6.07, 6.45) is 2.75. The first kappa shape index (κ1) is 14.0. The van der Waals surface area contributed by atoms with Crippen molar-refractivity contribution in [3.8, 4) is 6.07 Å². The molecule has 20 heavy (non-hydrogen) atoms. The SMILES string of the molecule is CCCn1cnnc1C(C)Nc1nc(C)ccc1C#N. The molecule has 0 saturated heterocycles. The van der Waals surface area contributed by atoms with Crippen molar-refractivity contribution in [1.82, 2.24) is 19.7 Å². The predicted octanol–water partition coefficient (Wildman–Crippen LogP) is 2.44. The van der Waals surface area contributed by atoms with E-state index in [-0.39, 0.29) is 6.04 Å². The van der Waals surface area contributed by atoms with Crippen LogP contribution in [0.25, 0.3) is 0 Å². The molecule has 0 aliphatic heterocycles. The average molecular weight is 270 g/mol. The van der Waals surface area contributed by atoms with Crippen LogP contribution < -0.4 is 5.32 Å². The maximum atomic E-state index is 9.13. The first-order valence-corrected chi connectivity index (χ1v) is 6.67. The molecule has 6 heteroatoms. The lowest BCUT2D eigenvalue weighted by atomic mass is 10.2. The monoisotopic (exact) mass is 270 g/mol. The lowest BCUT2D eigenvalue weighted by molar-refractivity contribution is 0.613. The zero-order chi connectivity index (χ0) is 14.5. The number of hydrogen-bond donors (Lipinski definition) is 1. The first-order chi connectivity index (χ1) is 9.65. The van der Waals surface area contributed by atoms with E-state index < -0.39 is 0 Å². The summed E-state index contributed by atoms with van der Waals surface area (Å²) in [6, 6.07) is 5.68. The fourth-order valence-electron chi connectivity index (χ4n) is 2.04. The highest BCUT2D eigenvalue weighted by atomic mass is 15.3. The Bertz CT molecular complexity index is 625. The molecule has 0 amide bonds. The summed E-state index contributed by atoms with van der Waals surface area (Å²) in [7, 11) is 0. The highest BCUT2D eigenvalue weighted by Gasteiger charge is 2.15. The molecule has 1 N–H and O–H groups in total. The number of rotatable bonds is 5. The molecule has 0 saturated carbocycles. The van der Waals surface area contributed by atoms with Crippen molar-refractivity contribution in [2.45, 2.75) is 39.8 Å². The van der Waals surface area contributed by atoms with Gasteiger partial charge in [-0.25, -0.2) is 4.98 Å². The third kappa shape index (κ3) is 2.94. The first-order valence-electron chi connectivity index (χ1n) is 6.67. The van der Waals surface area contributed by atoms with Crippen LogP contribution in [0, 0.1) is 18.3 Å². The number of aromatic nitrogens is 4. The van der Waals surface area contributed by atoms with E-state index in [0.717, 1.165) is 24.5 Å². The number of nitrogens with zero attached hydrogens (tertiary/aromatic N) is 5. The molecule has 104 valence electrons. The number of aryl methyl sites for hydroxylation is 2. The van der Waals surface area contributed by atoms with Crippen LogP contribution in [-0.4, -0.2) is 19.7 Å². The second-order valence-electron chi connectivity index (χ2n) is 4.71. The maximum Gasteiger partial charge on any atom is 0.155 e. The van der Waals surface area contributed by atoms with Gasteiger partial charge in [-0.05, 0) is 32.4 Å². The van der Waals surface area contributed by atoms with E-state index in [2.05, 4.69) is 33.5 Å². The van der Waals surface area contributed by atoms with Gasteiger partial charge in [0, 0.05) is 12.2 Å². The van der Waals surface area contributed by atoms with Crippen LogP contribution in [-0.2, 0) is 6.54 Å². The minimum atomic E-state index is -0.0644. The van der Waals surface area contributed by atoms with E-state index in [9.17, 15) is 0 Å². The molecule has 6 nitrogen and oxygen atoms in total. The summed E-state index contributed by atoms with van der Waals surface area (Å²) >= 11 is 0. The Balaban J connectivity index is 2.23. The third-order valence-electron chi connectivity index (χ3n) is 3.01. The van der Waals surface area contributed by atoms with Crippen molar-refractivity contribution < 1.29 is 0 Å². The van der Waals surface area contributed by atoms with Gasteiger partial charge in [-0.3, -0.25) is 0 Å². The molecule has 0 radical (unpaired) electrons. The summed E-state index contributed by atoms with van der Waals surface area (Å²) in [4.78, 5) is 4.38. The van der Waals surface area contributed by atoms with Gasteiger partial charge in [0.1, 0.15) is 18.2 Å². The minimum Gasteiger partial charge on any atom is -0.359 e. The Kier molecular flexibility index (Phi) is 4.31. The maximum absolute atomic E-state index is 9.13. The molecule has 2 rings (SSSR count). The van der Waals surface area contributed by atoms with Gasteiger partial charge in [0.15, 0.2) is 5.82 Å². The second-order valence-corrected chi connectivity index (χ2v) is 4.71. The van der Waals surface area contributed by atoms with E-state index >= 15 is 0 Å². The Hall–Kier alpha value is -2.42. The van der Waals surface area contributed by atoms with Crippen LogP contribution in [0.4, 0.5) is 5.82 Å². The van der Waals surface area contributed by atoms with Crippen molar-refractivity contribution >= 4 is 5.82 Å². The summed E-state index contributed by atoms with van der Waals surface area (Å²) in [6.45, 7) is 6.87. The largest absolute Gasteiger partial charge is 0.359 e. The average Bonchev–Trinajstić information content (AvgIpc) is 2.88. The number of nitriles is 1. The van der Waals surface area contributed by atoms with Crippen molar-refractivity contribution in [3.63, 3.8) is 0 Å². The molecular weight excluding hydrogens is 252 g/mol. The van der Waals surface area contributed by atoms with E-state index in [1.54, 1.807) is 12.4 Å². The molecule has 2 aromatic heterocycles. The minimum absolute atomic E-state index is 0.0644. The number of hydrogen-bond acceptors (Lipinski definition) is 5. The van der Waals surface area contributed by atoms with Crippen molar-refractivity contribution in [1.29, 1.82) is 5.26 Å². The Morgan fingerprint density at radius 1 is 1.45 bits per heavy atom. The van der Waals surface area contributed by atoms with Crippen molar-refractivity contribution in [3.05, 3.63) is 35.5 Å². The fraction of sp³-hybridized carbons (Fsp3) is 0.429. The van der Waals surface area contributed by atoms with Crippen LogP contribution >= 0.6 is 0 Å². The molecule has 0 aliphatic rings. The van der Waals surface area contributed by atoms with Gasteiger partial charge in [-0.15, -0.1) is 10.2 Å². The number of pyridine rings is 1. The Labute approximate surface area is 118 Å². The zero-order valence-electron chi connectivity index (χ0n) is 12.0. The van der Waals surface area contributed by atoms with Crippen LogP contribution in [0.15, 0.2) is 18.5 Å².